The van der Waals surface area contributed by atoms with E-state index in [9.17, 15) is 0 Å². The van der Waals surface area contributed by atoms with Gasteiger partial charge in [0.2, 0.25) is 5.89 Å². The first-order valence-corrected chi connectivity index (χ1v) is 8.41. The third kappa shape index (κ3) is 2.85. The van der Waals surface area contributed by atoms with Crippen molar-refractivity contribution in [2.24, 2.45) is 0 Å². The summed E-state index contributed by atoms with van der Waals surface area (Å²) in [4.78, 5) is 6.90. The Bertz CT molecular complexity index is 806. The zero-order valence-corrected chi connectivity index (χ0v) is 14.1. The lowest BCUT2D eigenvalue weighted by atomic mass is 9.97. The second kappa shape index (κ2) is 6.21. The van der Waals surface area contributed by atoms with Gasteiger partial charge in [-0.25, -0.2) is 0 Å². The number of aromatic nitrogens is 2. The van der Waals surface area contributed by atoms with E-state index >= 15 is 0 Å². The molecule has 1 aliphatic rings. The fourth-order valence-electron chi connectivity index (χ4n) is 3.26. The lowest BCUT2D eigenvalue weighted by molar-refractivity contribution is 0.239. The molecule has 4 nitrogen and oxygen atoms in total. The van der Waals surface area contributed by atoms with Crippen molar-refractivity contribution in [3.63, 3.8) is 0 Å². The molecule has 2 aromatic carbocycles. The minimum atomic E-state index is 0.261. The molecule has 24 heavy (non-hydrogen) atoms. The molecule has 2 heterocycles. The largest absolute Gasteiger partial charge is 0.339 e. The Morgan fingerprint density at radius 3 is 2.08 bits per heavy atom. The topological polar surface area (TPSA) is 42.2 Å². The van der Waals surface area contributed by atoms with Crippen molar-refractivity contribution >= 4 is 0 Å². The molecule has 1 aromatic heterocycles. The van der Waals surface area contributed by atoms with Crippen molar-refractivity contribution in [2.75, 3.05) is 0 Å². The van der Waals surface area contributed by atoms with Crippen molar-refractivity contribution in [3.05, 3.63) is 71.4 Å². The van der Waals surface area contributed by atoms with Gasteiger partial charge in [0.15, 0.2) is 5.82 Å². The fourth-order valence-corrected chi connectivity index (χ4v) is 3.26. The molecule has 0 fully saturated rings. The molecule has 0 N–H and O–H groups in total. The molecule has 0 saturated carbocycles. The van der Waals surface area contributed by atoms with E-state index in [1.807, 2.05) is 0 Å². The van der Waals surface area contributed by atoms with E-state index in [1.165, 1.54) is 22.3 Å². The van der Waals surface area contributed by atoms with Crippen LogP contribution < -0.4 is 0 Å². The van der Waals surface area contributed by atoms with E-state index < -0.39 is 0 Å². The van der Waals surface area contributed by atoms with Gasteiger partial charge in [-0.3, -0.25) is 4.90 Å². The zero-order valence-electron chi connectivity index (χ0n) is 14.1. The van der Waals surface area contributed by atoms with Gasteiger partial charge in [0, 0.05) is 19.0 Å². The Morgan fingerprint density at radius 1 is 0.958 bits per heavy atom. The van der Waals surface area contributed by atoms with Gasteiger partial charge in [-0.1, -0.05) is 67.5 Å². The SMILES string of the molecule is CC(C)c1nc(CN2Cc3ccccc3-c3ccccc3C2)no1. The van der Waals surface area contributed by atoms with Crippen LogP contribution in [0.4, 0.5) is 0 Å². The van der Waals surface area contributed by atoms with E-state index in [4.69, 9.17) is 4.52 Å². The molecule has 0 spiro atoms. The molecule has 0 unspecified atom stereocenters. The molecular formula is C20H21N3O. The van der Waals surface area contributed by atoms with Crippen LogP contribution >= 0.6 is 0 Å². The van der Waals surface area contributed by atoms with Gasteiger partial charge < -0.3 is 4.52 Å². The van der Waals surface area contributed by atoms with Gasteiger partial charge in [-0.15, -0.1) is 0 Å². The van der Waals surface area contributed by atoms with Gasteiger partial charge in [-0.2, -0.15) is 4.98 Å². The Balaban J connectivity index is 1.67. The van der Waals surface area contributed by atoms with Crippen LogP contribution in [0, 0.1) is 0 Å². The molecule has 4 heteroatoms. The van der Waals surface area contributed by atoms with Crippen LogP contribution in [0.2, 0.25) is 0 Å². The number of fused-ring (bicyclic) bond motifs is 3. The fraction of sp³-hybridized carbons (Fsp3) is 0.300. The van der Waals surface area contributed by atoms with Crippen LogP contribution in [-0.2, 0) is 19.6 Å². The van der Waals surface area contributed by atoms with Gasteiger partial charge in [0.05, 0.1) is 6.54 Å². The summed E-state index contributed by atoms with van der Waals surface area (Å²) in [6.07, 6.45) is 0. The van der Waals surface area contributed by atoms with Crippen molar-refractivity contribution in [1.82, 2.24) is 15.0 Å². The van der Waals surface area contributed by atoms with Crippen molar-refractivity contribution < 1.29 is 4.52 Å². The smallest absolute Gasteiger partial charge is 0.229 e. The molecular weight excluding hydrogens is 298 g/mol. The van der Waals surface area contributed by atoms with Crippen LogP contribution in [0.1, 0.15) is 42.6 Å². The number of rotatable bonds is 3. The van der Waals surface area contributed by atoms with E-state index in [1.54, 1.807) is 0 Å². The second-order valence-electron chi connectivity index (χ2n) is 6.66. The number of hydrogen-bond acceptors (Lipinski definition) is 4. The highest BCUT2D eigenvalue weighted by Crippen LogP contribution is 2.32. The first-order valence-electron chi connectivity index (χ1n) is 8.41. The Kier molecular flexibility index (Phi) is 3.90. The first-order chi connectivity index (χ1) is 11.7. The minimum absolute atomic E-state index is 0.261. The molecule has 3 aromatic rings. The molecule has 0 aliphatic carbocycles. The summed E-state index contributed by atoms with van der Waals surface area (Å²) in [6, 6.07) is 17.3. The molecule has 0 radical (unpaired) electrons. The van der Waals surface area contributed by atoms with E-state index in [-0.39, 0.29) is 5.92 Å². The second-order valence-corrected chi connectivity index (χ2v) is 6.66. The number of benzene rings is 2. The summed E-state index contributed by atoms with van der Waals surface area (Å²) in [5.74, 6) is 1.73. The van der Waals surface area contributed by atoms with Gasteiger partial charge in [-0.05, 0) is 22.3 Å². The molecule has 0 amide bonds. The highest BCUT2D eigenvalue weighted by molar-refractivity contribution is 5.71. The van der Waals surface area contributed by atoms with Crippen molar-refractivity contribution in [2.45, 2.75) is 39.4 Å². The van der Waals surface area contributed by atoms with E-state index in [2.05, 4.69) is 77.4 Å². The lowest BCUT2D eigenvalue weighted by Crippen LogP contribution is -2.22. The van der Waals surface area contributed by atoms with Crippen LogP contribution in [0.15, 0.2) is 53.1 Å². The van der Waals surface area contributed by atoms with Gasteiger partial charge >= 0.3 is 0 Å². The standard InChI is InChI=1S/C20H21N3O/c1-14(2)20-21-19(22-24-20)13-23-11-15-7-3-5-9-17(15)18-10-6-4-8-16(18)12-23/h3-10,14H,11-13H2,1-2H3. The molecule has 0 saturated heterocycles. The van der Waals surface area contributed by atoms with Gasteiger partial charge in [0.1, 0.15) is 0 Å². The predicted octanol–water partition coefficient (Wildman–Crippen LogP) is 4.38. The van der Waals surface area contributed by atoms with Crippen LogP contribution in [-0.4, -0.2) is 15.0 Å². The van der Waals surface area contributed by atoms with E-state index in [0.717, 1.165) is 18.9 Å². The minimum Gasteiger partial charge on any atom is -0.339 e. The Hall–Kier alpha value is -2.46. The normalized spacial score (nSPS) is 14.3. The summed E-state index contributed by atoms with van der Waals surface area (Å²) < 4.78 is 5.35. The highest BCUT2D eigenvalue weighted by atomic mass is 16.5. The number of nitrogens with zero attached hydrogens (tertiary/aromatic N) is 3. The first kappa shape index (κ1) is 15.1. The number of hydrogen-bond donors (Lipinski definition) is 0. The van der Waals surface area contributed by atoms with Gasteiger partial charge in [0.25, 0.3) is 0 Å². The third-order valence-corrected chi connectivity index (χ3v) is 4.46. The summed E-state index contributed by atoms with van der Waals surface area (Å²) >= 11 is 0. The van der Waals surface area contributed by atoms with Crippen molar-refractivity contribution in [1.29, 1.82) is 0 Å². The summed E-state index contributed by atoms with van der Waals surface area (Å²) in [5.41, 5.74) is 5.34. The maximum atomic E-state index is 5.35. The predicted molar refractivity (Wildman–Crippen MR) is 93.2 cm³/mol. The summed E-state index contributed by atoms with van der Waals surface area (Å²) in [7, 11) is 0. The third-order valence-electron chi connectivity index (χ3n) is 4.46. The van der Waals surface area contributed by atoms with E-state index in [0.29, 0.717) is 12.4 Å². The quantitative estimate of drug-likeness (QED) is 0.718. The summed E-state index contributed by atoms with van der Waals surface area (Å²) in [5, 5.41) is 4.15. The maximum absolute atomic E-state index is 5.35. The van der Waals surface area contributed by atoms with Crippen molar-refractivity contribution in [3.8, 4) is 11.1 Å². The molecule has 122 valence electrons. The average molecular weight is 319 g/mol. The molecule has 4 rings (SSSR count). The maximum Gasteiger partial charge on any atom is 0.229 e. The molecule has 1 aliphatic heterocycles. The Labute approximate surface area is 142 Å². The summed E-state index contributed by atoms with van der Waals surface area (Å²) in [6.45, 7) is 6.59. The van der Waals surface area contributed by atoms with Crippen LogP contribution in [0.5, 0.6) is 0 Å². The molecule has 0 atom stereocenters. The monoisotopic (exact) mass is 319 g/mol. The molecule has 0 bridgehead atoms. The Morgan fingerprint density at radius 2 is 1.54 bits per heavy atom. The van der Waals surface area contributed by atoms with Crippen LogP contribution in [0.25, 0.3) is 11.1 Å². The zero-order chi connectivity index (χ0) is 16.5. The highest BCUT2D eigenvalue weighted by Gasteiger charge is 2.20. The average Bonchev–Trinajstić information content (AvgIpc) is 2.98. The lowest BCUT2D eigenvalue weighted by Gasteiger charge is -2.18. The van der Waals surface area contributed by atoms with Crippen LogP contribution in [0.3, 0.4) is 0 Å².